The van der Waals surface area contributed by atoms with Crippen molar-refractivity contribution in [2.24, 2.45) is 0 Å². The van der Waals surface area contributed by atoms with Gasteiger partial charge in [0.1, 0.15) is 6.10 Å². The topological polar surface area (TPSA) is 95.9 Å². The van der Waals surface area contributed by atoms with E-state index in [-0.39, 0.29) is 24.9 Å². The van der Waals surface area contributed by atoms with Gasteiger partial charge in [-0.15, -0.1) is 0 Å². The summed E-state index contributed by atoms with van der Waals surface area (Å²) in [4.78, 5) is 26.0. The van der Waals surface area contributed by atoms with Gasteiger partial charge in [-0.2, -0.15) is 0 Å². The van der Waals surface area contributed by atoms with Crippen LogP contribution in [-0.4, -0.2) is 46.9 Å². The van der Waals surface area contributed by atoms with E-state index in [2.05, 4.69) is 74.7 Å². The predicted molar refractivity (Wildman–Crippen MR) is 245 cm³/mol. The fraction of sp³-hybridized carbons (Fsp3) is 0.804. The molecule has 0 bridgehead atoms. The first-order chi connectivity index (χ1) is 28.0. The van der Waals surface area contributed by atoms with Crippen molar-refractivity contribution in [1.29, 1.82) is 0 Å². The van der Waals surface area contributed by atoms with Crippen molar-refractivity contribution in [2.45, 2.75) is 257 Å². The second-order valence-electron chi connectivity index (χ2n) is 16.5. The van der Waals surface area contributed by atoms with E-state index < -0.39 is 18.2 Å². The van der Waals surface area contributed by atoms with E-state index in [1.807, 2.05) is 0 Å². The van der Waals surface area contributed by atoms with Crippen molar-refractivity contribution in [3.8, 4) is 0 Å². The molecule has 0 rings (SSSR count). The molecule has 0 aromatic rings. The normalized spacial score (nSPS) is 13.7. The number of esters is 1. The van der Waals surface area contributed by atoms with E-state index in [9.17, 15) is 19.8 Å². The zero-order chi connectivity index (χ0) is 41.7. The first-order valence-corrected chi connectivity index (χ1v) is 24.4. The molecular formula is C51H93NO5. The lowest BCUT2D eigenvalue weighted by Gasteiger charge is -2.24. The van der Waals surface area contributed by atoms with Crippen LogP contribution < -0.4 is 5.32 Å². The highest BCUT2D eigenvalue weighted by Gasteiger charge is 2.24. The number of allylic oxidation sites excluding steroid dienone is 8. The Morgan fingerprint density at radius 3 is 1.49 bits per heavy atom. The summed E-state index contributed by atoms with van der Waals surface area (Å²) in [5.74, 6) is -0.523. The van der Waals surface area contributed by atoms with Crippen LogP contribution >= 0.6 is 0 Å². The molecule has 6 heteroatoms. The maximum Gasteiger partial charge on any atom is 0.306 e. The Bertz CT molecular complexity index is 988. The summed E-state index contributed by atoms with van der Waals surface area (Å²) in [5, 5.41) is 23.7. The van der Waals surface area contributed by atoms with Crippen LogP contribution in [-0.2, 0) is 14.3 Å². The molecule has 0 aliphatic carbocycles. The van der Waals surface area contributed by atoms with Crippen LogP contribution in [0.25, 0.3) is 0 Å². The van der Waals surface area contributed by atoms with Crippen molar-refractivity contribution in [1.82, 2.24) is 5.32 Å². The molecule has 332 valence electrons. The average Bonchev–Trinajstić information content (AvgIpc) is 3.20. The molecule has 3 N–H and O–H groups in total. The number of unbranched alkanes of at least 4 members (excludes halogenated alkanes) is 23. The zero-order valence-corrected chi connectivity index (χ0v) is 37.7. The summed E-state index contributed by atoms with van der Waals surface area (Å²) < 4.78 is 5.88. The molecule has 0 fully saturated rings. The number of carbonyl (C=O) groups is 2. The first kappa shape index (κ1) is 54.8. The third-order valence-electron chi connectivity index (χ3n) is 10.9. The van der Waals surface area contributed by atoms with Crippen LogP contribution in [0.1, 0.15) is 239 Å². The lowest BCUT2D eigenvalue weighted by Crippen LogP contribution is -2.46. The number of hydrogen-bond acceptors (Lipinski definition) is 5. The largest absolute Gasteiger partial charge is 0.462 e. The molecule has 1 amide bonds. The van der Waals surface area contributed by atoms with Crippen LogP contribution in [0.3, 0.4) is 0 Å². The van der Waals surface area contributed by atoms with E-state index in [0.717, 1.165) is 83.5 Å². The minimum absolute atomic E-state index is 0.0485. The van der Waals surface area contributed by atoms with Crippen LogP contribution in [0.2, 0.25) is 0 Å². The third-order valence-corrected chi connectivity index (χ3v) is 10.9. The van der Waals surface area contributed by atoms with Crippen molar-refractivity contribution in [3.63, 3.8) is 0 Å². The summed E-state index contributed by atoms with van der Waals surface area (Å²) in [6, 6.07) is -0.714. The molecule has 3 atom stereocenters. The monoisotopic (exact) mass is 800 g/mol. The Hall–Kier alpha value is -2.18. The molecule has 0 aliphatic heterocycles. The van der Waals surface area contributed by atoms with E-state index in [4.69, 9.17) is 4.74 Å². The standard InChI is InChI=1S/C51H93NO5/c1-4-7-10-13-16-19-22-24-25-27-28-30-33-36-39-42-47(57-51(56)44-41-38-35-32-21-18-15-12-9-6-3)45-50(55)52-48(46-53)49(54)43-40-37-34-31-29-26-23-20-17-14-11-8-5-2/h12,15-16,19,24-25,28,30,47-49,53-54H,4-11,13-14,17-18,20-23,26-27,29,31-46H2,1-3H3,(H,52,55)/b15-12-,19-16-,25-24-,30-28-. The Morgan fingerprint density at radius 2 is 0.930 bits per heavy atom. The van der Waals surface area contributed by atoms with Crippen molar-refractivity contribution >= 4 is 11.9 Å². The lowest BCUT2D eigenvalue weighted by molar-refractivity contribution is -0.151. The maximum absolute atomic E-state index is 13.2. The van der Waals surface area contributed by atoms with Crippen LogP contribution in [0.15, 0.2) is 48.6 Å². The number of rotatable bonds is 43. The molecule has 0 saturated heterocycles. The smallest absolute Gasteiger partial charge is 0.306 e. The van der Waals surface area contributed by atoms with E-state index in [1.54, 1.807) is 0 Å². The maximum atomic E-state index is 13.2. The van der Waals surface area contributed by atoms with E-state index in [0.29, 0.717) is 19.3 Å². The molecule has 57 heavy (non-hydrogen) atoms. The second-order valence-corrected chi connectivity index (χ2v) is 16.5. The molecule has 0 heterocycles. The van der Waals surface area contributed by atoms with E-state index in [1.165, 1.54) is 109 Å². The van der Waals surface area contributed by atoms with Crippen LogP contribution in [0.5, 0.6) is 0 Å². The minimum atomic E-state index is -0.798. The number of hydrogen-bond donors (Lipinski definition) is 3. The van der Waals surface area contributed by atoms with Gasteiger partial charge in [0.25, 0.3) is 0 Å². The van der Waals surface area contributed by atoms with Gasteiger partial charge in [-0.3, -0.25) is 9.59 Å². The SMILES string of the molecule is CCC/C=C\CCCCCCCC(=O)OC(CCCC/C=C\C/C=C\C/C=C\CCCCC)CC(=O)NC(CO)C(O)CCCCCCCCCCCCCCC. The van der Waals surface area contributed by atoms with Crippen molar-refractivity contribution in [3.05, 3.63) is 48.6 Å². The molecule has 0 spiro atoms. The number of nitrogens with one attached hydrogen (secondary N) is 1. The number of amides is 1. The average molecular weight is 800 g/mol. The number of ether oxygens (including phenoxy) is 1. The minimum Gasteiger partial charge on any atom is -0.462 e. The quantitative estimate of drug-likeness (QED) is 0.0324. The number of aliphatic hydroxyl groups is 2. The molecule has 0 radical (unpaired) electrons. The third kappa shape index (κ3) is 40.4. The van der Waals surface area contributed by atoms with Crippen molar-refractivity contribution in [2.75, 3.05) is 6.61 Å². The van der Waals surface area contributed by atoms with Gasteiger partial charge < -0.3 is 20.3 Å². The van der Waals surface area contributed by atoms with Crippen molar-refractivity contribution < 1.29 is 24.5 Å². The summed E-state index contributed by atoms with van der Waals surface area (Å²) in [7, 11) is 0. The number of carbonyl (C=O) groups excluding carboxylic acids is 2. The highest BCUT2D eigenvalue weighted by atomic mass is 16.5. The molecule has 0 aliphatic rings. The van der Waals surface area contributed by atoms with Gasteiger partial charge in [-0.1, -0.05) is 191 Å². The summed E-state index contributed by atoms with van der Waals surface area (Å²) in [5.41, 5.74) is 0. The van der Waals surface area contributed by atoms with Gasteiger partial charge >= 0.3 is 5.97 Å². The fourth-order valence-corrected chi connectivity index (χ4v) is 7.14. The highest BCUT2D eigenvalue weighted by Crippen LogP contribution is 2.17. The van der Waals surface area contributed by atoms with Gasteiger partial charge in [-0.05, 0) is 83.5 Å². The second kappa shape index (κ2) is 44.9. The highest BCUT2D eigenvalue weighted by molar-refractivity contribution is 5.77. The van der Waals surface area contributed by atoms with E-state index >= 15 is 0 Å². The van der Waals surface area contributed by atoms with Gasteiger partial charge in [0.05, 0.1) is 25.2 Å². The molecular weight excluding hydrogens is 707 g/mol. The fourth-order valence-electron chi connectivity index (χ4n) is 7.14. The van der Waals surface area contributed by atoms with Crippen LogP contribution in [0, 0.1) is 0 Å². The van der Waals surface area contributed by atoms with Gasteiger partial charge in [0, 0.05) is 6.42 Å². The summed E-state index contributed by atoms with van der Waals surface area (Å²) in [6.07, 6.45) is 53.1. The summed E-state index contributed by atoms with van der Waals surface area (Å²) >= 11 is 0. The predicted octanol–water partition coefficient (Wildman–Crippen LogP) is 14.3. The molecule has 6 nitrogen and oxygen atoms in total. The number of aliphatic hydroxyl groups excluding tert-OH is 2. The van der Waals surface area contributed by atoms with Crippen LogP contribution in [0.4, 0.5) is 0 Å². The molecule has 0 aromatic heterocycles. The first-order valence-electron chi connectivity index (χ1n) is 24.4. The zero-order valence-electron chi connectivity index (χ0n) is 37.7. The van der Waals surface area contributed by atoms with Gasteiger partial charge in [-0.25, -0.2) is 0 Å². The Labute approximate surface area is 353 Å². The Kier molecular flexibility index (Phi) is 43.2. The Morgan fingerprint density at radius 1 is 0.509 bits per heavy atom. The van der Waals surface area contributed by atoms with Gasteiger partial charge in [0.2, 0.25) is 5.91 Å². The molecule has 0 saturated carbocycles. The Balaban J connectivity index is 4.65. The summed E-state index contributed by atoms with van der Waals surface area (Å²) in [6.45, 7) is 6.38. The lowest BCUT2D eigenvalue weighted by atomic mass is 10.0. The molecule has 3 unspecified atom stereocenters. The molecule has 0 aromatic carbocycles. The van der Waals surface area contributed by atoms with Gasteiger partial charge in [0.15, 0.2) is 0 Å².